The van der Waals surface area contributed by atoms with Crippen LogP contribution in [-0.2, 0) is 15.7 Å². The third-order valence-electron chi connectivity index (χ3n) is 4.04. The Bertz CT molecular complexity index is 463. The van der Waals surface area contributed by atoms with E-state index in [1.807, 2.05) is 58.0 Å². The van der Waals surface area contributed by atoms with Gasteiger partial charge in [0.15, 0.2) is 0 Å². The molecule has 1 aliphatic heterocycles. The molecule has 0 bridgehead atoms. The summed E-state index contributed by atoms with van der Waals surface area (Å²) in [6, 6.07) is 10.0. The molecule has 1 atom stereocenters. The summed E-state index contributed by atoms with van der Waals surface area (Å²) in [5.41, 5.74) is 0.382. The lowest BCUT2D eigenvalue weighted by atomic mass is 9.75. The van der Waals surface area contributed by atoms with Crippen LogP contribution in [0, 0.1) is 6.57 Å². The summed E-state index contributed by atoms with van der Waals surface area (Å²) in [6.45, 7) is 15.4. The Balaban J connectivity index is 2.11. The number of rotatable bonds is 3. The topological polar surface area (TPSA) is 22.8 Å². The van der Waals surface area contributed by atoms with Crippen LogP contribution in [0.3, 0.4) is 0 Å². The molecule has 0 N–H and O–H groups in total. The maximum atomic E-state index is 7.40. The van der Waals surface area contributed by atoms with Gasteiger partial charge in [-0.1, -0.05) is 30.3 Å². The standard InChI is InChI=1S/C15H20BNO2/c1-14(2)15(3,4)19-16(18-14)13(17-5)11-12-9-7-6-8-10-12/h6-10,13H,11H2,1-4H3. The van der Waals surface area contributed by atoms with Gasteiger partial charge in [-0.2, -0.15) is 0 Å². The van der Waals surface area contributed by atoms with Gasteiger partial charge in [-0.3, -0.25) is 0 Å². The molecule has 0 saturated carbocycles. The molecule has 0 amide bonds. The zero-order valence-corrected chi connectivity index (χ0v) is 12.0. The maximum Gasteiger partial charge on any atom is 0.552 e. The molecule has 1 heterocycles. The van der Waals surface area contributed by atoms with Crippen LogP contribution in [0.1, 0.15) is 33.3 Å². The Hall–Kier alpha value is -1.31. The SMILES string of the molecule is [C-]#[N+]C(Cc1ccccc1)B1OC(C)(C)C(C)(C)O1. The average Bonchev–Trinajstić information content (AvgIpc) is 2.56. The van der Waals surface area contributed by atoms with Crippen molar-refractivity contribution in [1.29, 1.82) is 0 Å². The van der Waals surface area contributed by atoms with E-state index in [9.17, 15) is 0 Å². The molecule has 1 saturated heterocycles. The molecule has 1 fully saturated rings. The lowest BCUT2D eigenvalue weighted by Gasteiger charge is -2.32. The van der Waals surface area contributed by atoms with E-state index in [1.54, 1.807) is 0 Å². The van der Waals surface area contributed by atoms with E-state index >= 15 is 0 Å². The van der Waals surface area contributed by atoms with Crippen LogP contribution in [0.15, 0.2) is 30.3 Å². The fourth-order valence-electron chi connectivity index (χ4n) is 2.10. The monoisotopic (exact) mass is 257 g/mol. The van der Waals surface area contributed by atoms with Crippen molar-refractivity contribution in [2.75, 3.05) is 0 Å². The third-order valence-corrected chi connectivity index (χ3v) is 4.04. The minimum atomic E-state index is -0.456. The van der Waals surface area contributed by atoms with Crippen LogP contribution in [0.4, 0.5) is 0 Å². The Morgan fingerprint density at radius 2 is 1.63 bits per heavy atom. The number of hydrogen-bond donors (Lipinski definition) is 0. The molecule has 0 radical (unpaired) electrons. The first-order valence-corrected chi connectivity index (χ1v) is 6.62. The summed E-state index contributed by atoms with van der Waals surface area (Å²) in [4.78, 5) is 3.70. The number of nitrogens with zero attached hydrogens (tertiary/aromatic N) is 1. The van der Waals surface area contributed by atoms with Crippen molar-refractivity contribution < 1.29 is 9.31 Å². The summed E-state index contributed by atoms with van der Waals surface area (Å²) in [6.07, 6.45) is 0.654. The largest absolute Gasteiger partial charge is 0.552 e. The van der Waals surface area contributed by atoms with Crippen molar-refractivity contribution in [3.05, 3.63) is 47.3 Å². The fourth-order valence-corrected chi connectivity index (χ4v) is 2.10. The van der Waals surface area contributed by atoms with E-state index in [4.69, 9.17) is 15.9 Å². The van der Waals surface area contributed by atoms with Crippen LogP contribution in [0.5, 0.6) is 0 Å². The average molecular weight is 257 g/mol. The van der Waals surface area contributed by atoms with Crippen molar-refractivity contribution in [2.24, 2.45) is 0 Å². The Morgan fingerprint density at radius 1 is 1.11 bits per heavy atom. The lowest BCUT2D eigenvalue weighted by Crippen LogP contribution is -2.41. The van der Waals surface area contributed by atoms with E-state index in [1.165, 1.54) is 0 Å². The quantitative estimate of drug-likeness (QED) is 0.613. The highest BCUT2D eigenvalue weighted by Crippen LogP contribution is 2.38. The molecule has 4 heteroatoms. The first kappa shape index (κ1) is 14.1. The van der Waals surface area contributed by atoms with E-state index in [-0.39, 0.29) is 17.1 Å². The van der Waals surface area contributed by atoms with E-state index in [0.717, 1.165) is 5.56 Å². The summed E-state index contributed by atoms with van der Waals surface area (Å²) in [5, 5.41) is 0. The smallest absolute Gasteiger partial charge is 0.398 e. The highest BCUT2D eigenvalue weighted by molar-refractivity contribution is 6.48. The maximum absolute atomic E-state index is 7.40. The Morgan fingerprint density at radius 3 is 2.11 bits per heavy atom. The van der Waals surface area contributed by atoms with Gasteiger partial charge < -0.3 is 14.2 Å². The zero-order chi connectivity index (χ0) is 14.1. The second-order valence-corrected chi connectivity index (χ2v) is 6.01. The lowest BCUT2D eigenvalue weighted by molar-refractivity contribution is 0.00578. The van der Waals surface area contributed by atoms with Gasteiger partial charge >= 0.3 is 7.12 Å². The molecule has 1 aromatic rings. The van der Waals surface area contributed by atoms with Gasteiger partial charge in [-0.15, -0.1) is 0 Å². The summed E-state index contributed by atoms with van der Waals surface area (Å²) < 4.78 is 11.9. The molecule has 19 heavy (non-hydrogen) atoms. The first-order chi connectivity index (χ1) is 8.86. The van der Waals surface area contributed by atoms with E-state index in [0.29, 0.717) is 6.42 Å². The van der Waals surface area contributed by atoms with Crippen molar-refractivity contribution in [2.45, 2.75) is 51.3 Å². The third kappa shape index (κ3) is 2.83. The molecule has 1 aromatic carbocycles. The molecular weight excluding hydrogens is 237 g/mol. The number of benzene rings is 1. The fraction of sp³-hybridized carbons (Fsp3) is 0.533. The molecule has 100 valence electrons. The predicted octanol–water partition coefficient (Wildman–Crippen LogP) is 3.15. The van der Waals surface area contributed by atoms with E-state index in [2.05, 4.69) is 4.85 Å². The van der Waals surface area contributed by atoms with Crippen molar-refractivity contribution in [3.8, 4) is 0 Å². The van der Waals surface area contributed by atoms with Crippen LogP contribution < -0.4 is 0 Å². The second kappa shape index (κ2) is 4.99. The molecule has 0 spiro atoms. The predicted molar refractivity (Wildman–Crippen MR) is 76.6 cm³/mol. The van der Waals surface area contributed by atoms with Gasteiger partial charge in [0.05, 0.1) is 11.2 Å². The van der Waals surface area contributed by atoms with Gasteiger partial charge in [0, 0.05) is 6.42 Å². The molecule has 1 unspecified atom stereocenters. The van der Waals surface area contributed by atoms with Crippen LogP contribution in [0.2, 0.25) is 0 Å². The molecular formula is C15H20BNO2. The van der Waals surface area contributed by atoms with Crippen molar-refractivity contribution >= 4 is 7.12 Å². The van der Waals surface area contributed by atoms with Crippen LogP contribution in [-0.4, -0.2) is 24.3 Å². The van der Waals surface area contributed by atoms with Gasteiger partial charge in [-0.25, -0.2) is 6.57 Å². The highest BCUT2D eigenvalue weighted by Gasteiger charge is 2.56. The van der Waals surface area contributed by atoms with Gasteiger partial charge in [0.2, 0.25) is 0 Å². The summed E-state index contributed by atoms with van der Waals surface area (Å²) in [5.74, 6) is -0.302. The second-order valence-electron chi connectivity index (χ2n) is 6.01. The summed E-state index contributed by atoms with van der Waals surface area (Å²) >= 11 is 0. The normalized spacial score (nSPS) is 21.9. The minimum absolute atomic E-state index is 0.302. The number of hydrogen-bond acceptors (Lipinski definition) is 2. The van der Waals surface area contributed by atoms with Crippen LogP contribution in [0.25, 0.3) is 4.85 Å². The zero-order valence-electron chi connectivity index (χ0n) is 12.0. The molecule has 2 rings (SSSR count). The van der Waals surface area contributed by atoms with Gasteiger partial charge in [0.25, 0.3) is 5.94 Å². The summed E-state index contributed by atoms with van der Waals surface area (Å²) in [7, 11) is -0.456. The highest BCUT2D eigenvalue weighted by atomic mass is 16.7. The molecule has 0 aliphatic carbocycles. The Kier molecular flexibility index (Phi) is 3.71. The minimum Gasteiger partial charge on any atom is -0.398 e. The molecule has 3 nitrogen and oxygen atoms in total. The van der Waals surface area contributed by atoms with Crippen LogP contribution >= 0.6 is 0 Å². The van der Waals surface area contributed by atoms with Crippen molar-refractivity contribution in [3.63, 3.8) is 0 Å². The van der Waals surface area contributed by atoms with Gasteiger partial charge in [-0.05, 0) is 33.3 Å². The molecule has 0 aromatic heterocycles. The Labute approximate surface area is 115 Å². The molecule has 1 aliphatic rings. The van der Waals surface area contributed by atoms with E-state index < -0.39 is 7.12 Å². The van der Waals surface area contributed by atoms with Crippen molar-refractivity contribution in [1.82, 2.24) is 0 Å². The van der Waals surface area contributed by atoms with Gasteiger partial charge in [0.1, 0.15) is 0 Å². The first-order valence-electron chi connectivity index (χ1n) is 6.62.